The van der Waals surface area contributed by atoms with Gasteiger partial charge >= 0.3 is 0 Å². The lowest BCUT2D eigenvalue weighted by atomic mass is 10.2. The van der Waals surface area contributed by atoms with Gasteiger partial charge in [0.1, 0.15) is 5.75 Å². The van der Waals surface area contributed by atoms with Gasteiger partial charge in [-0.2, -0.15) is 0 Å². The minimum absolute atomic E-state index is 0.0934. The smallest absolute Gasteiger partial charge is 0.235 e. The Bertz CT molecular complexity index is 1010. The molecule has 3 aromatic rings. The van der Waals surface area contributed by atoms with Crippen molar-refractivity contribution in [1.82, 2.24) is 9.88 Å². The summed E-state index contributed by atoms with van der Waals surface area (Å²) in [6.07, 6.45) is 2.73. The Morgan fingerprint density at radius 3 is 2.54 bits per heavy atom. The van der Waals surface area contributed by atoms with Crippen molar-refractivity contribution >= 4 is 38.2 Å². The minimum Gasteiger partial charge on any atom is -0.355 e. The average molecular weight is 391 g/mol. The van der Waals surface area contributed by atoms with E-state index in [4.69, 9.17) is 11.6 Å². The fourth-order valence-electron chi connectivity index (χ4n) is 2.76. The molecular formula is C19H19ClN2O3S. The van der Waals surface area contributed by atoms with E-state index in [1.807, 2.05) is 30.5 Å². The van der Waals surface area contributed by atoms with Crippen molar-refractivity contribution in [3.05, 3.63) is 65.8 Å². The first-order valence-electron chi connectivity index (χ1n) is 8.25. The Morgan fingerprint density at radius 2 is 1.77 bits per heavy atom. The van der Waals surface area contributed by atoms with Crippen LogP contribution in [-0.4, -0.2) is 31.2 Å². The lowest BCUT2D eigenvalue weighted by molar-refractivity contribution is -0.118. The molecule has 136 valence electrons. The summed E-state index contributed by atoms with van der Waals surface area (Å²) in [5.74, 6) is -1.07. The number of rotatable bonds is 7. The molecule has 0 aliphatic rings. The van der Waals surface area contributed by atoms with Gasteiger partial charge < -0.3 is 9.88 Å². The van der Waals surface area contributed by atoms with Gasteiger partial charge in [0.05, 0.1) is 4.90 Å². The number of carbonyl (C=O) groups is 1. The van der Waals surface area contributed by atoms with Gasteiger partial charge in [0, 0.05) is 29.8 Å². The molecule has 0 aliphatic carbocycles. The Kier molecular flexibility index (Phi) is 5.64. The number of fused-ring (bicyclic) bond motifs is 1. The number of aromatic nitrogens is 1. The number of nitrogens with one attached hydrogen (secondary N) is 1. The van der Waals surface area contributed by atoms with Crippen molar-refractivity contribution in [2.75, 3.05) is 12.3 Å². The number of para-hydroxylation sites is 1. The van der Waals surface area contributed by atoms with Crippen LogP contribution in [0.3, 0.4) is 0 Å². The third kappa shape index (κ3) is 4.45. The Hall–Kier alpha value is -2.31. The lowest BCUT2D eigenvalue weighted by Crippen LogP contribution is -2.31. The van der Waals surface area contributed by atoms with Crippen LogP contribution >= 0.6 is 11.6 Å². The lowest BCUT2D eigenvalue weighted by Gasteiger charge is -2.08. The van der Waals surface area contributed by atoms with Crippen LogP contribution < -0.4 is 5.32 Å². The van der Waals surface area contributed by atoms with E-state index in [2.05, 4.69) is 16.0 Å². The van der Waals surface area contributed by atoms with Crippen LogP contribution in [0.2, 0.25) is 5.02 Å². The third-order valence-electron chi connectivity index (χ3n) is 4.07. The molecule has 1 N–H and O–H groups in total. The number of halogens is 1. The normalized spacial score (nSPS) is 11.6. The van der Waals surface area contributed by atoms with Crippen LogP contribution in [0.5, 0.6) is 0 Å². The minimum atomic E-state index is -3.66. The maximum absolute atomic E-state index is 12.2. The van der Waals surface area contributed by atoms with Crippen LogP contribution in [0.15, 0.2) is 65.7 Å². The average Bonchev–Trinajstić information content (AvgIpc) is 3.02. The molecule has 0 atom stereocenters. The van der Waals surface area contributed by atoms with Crippen molar-refractivity contribution in [2.24, 2.45) is 0 Å². The largest absolute Gasteiger partial charge is 0.355 e. The monoisotopic (exact) mass is 390 g/mol. The first-order valence-corrected chi connectivity index (χ1v) is 10.3. The molecule has 0 saturated heterocycles. The molecule has 7 heteroatoms. The Morgan fingerprint density at radius 1 is 1.04 bits per heavy atom. The number of sulfone groups is 1. The molecule has 0 aliphatic heterocycles. The summed E-state index contributed by atoms with van der Waals surface area (Å²) in [6.45, 7) is 1.17. The molecule has 2 aromatic carbocycles. The Balaban J connectivity index is 1.49. The van der Waals surface area contributed by atoms with Crippen molar-refractivity contribution < 1.29 is 13.2 Å². The topological polar surface area (TPSA) is 68.2 Å². The second-order valence-corrected chi connectivity index (χ2v) is 8.41. The van der Waals surface area contributed by atoms with Gasteiger partial charge in [-0.05, 0) is 48.2 Å². The van der Waals surface area contributed by atoms with Crippen molar-refractivity contribution in [2.45, 2.75) is 17.9 Å². The molecule has 0 unspecified atom stereocenters. The van der Waals surface area contributed by atoms with Gasteiger partial charge in [0.15, 0.2) is 9.84 Å². The summed E-state index contributed by atoms with van der Waals surface area (Å²) in [5, 5.41) is 4.29. The third-order valence-corrected chi connectivity index (χ3v) is 5.96. The number of aryl methyl sites for hydroxylation is 1. The van der Waals surface area contributed by atoms with E-state index in [1.54, 1.807) is 0 Å². The van der Waals surface area contributed by atoms with Crippen LogP contribution in [0, 0.1) is 0 Å². The zero-order valence-corrected chi connectivity index (χ0v) is 15.6. The second kappa shape index (κ2) is 7.93. The fourth-order valence-corrected chi connectivity index (χ4v) is 4.05. The van der Waals surface area contributed by atoms with E-state index in [-0.39, 0.29) is 4.90 Å². The Labute approximate surface area is 157 Å². The van der Waals surface area contributed by atoms with Gasteiger partial charge in [-0.15, -0.1) is 0 Å². The molecule has 1 aromatic heterocycles. The van der Waals surface area contributed by atoms with E-state index in [9.17, 15) is 13.2 Å². The predicted molar refractivity (Wildman–Crippen MR) is 103 cm³/mol. The number of carbonyl (C=O) groups excluding carboxylic acids is 1. The van der Waals surface area contributed by atoms with Crippen LogP contribution in [0.1, 0.15) is 6.42 Å². The molecular weight excluding hydrogens is 372 g/mol. The highest BCUT2D eigenvalue weighted by Crippen LogP contribution is 2.16. The van der Waals surface area contributed by atoms with Gasteiger partial charge in [-0.1, -0.05) is 29.8 Å². The number of nitrogens with zero attached hydrogens (tertiary/aromatic N) is 1. The standard InChI is InChI=1S/C19H19ClN2O3S/c20-16-6-8-17(9-7-16)26(24,25)14-19(23)21-11-3-12-22-13-10-15-4-1-2-5-18(15)22/h1-2,4-10,13H,3,11-12,14H2,(H,21,23). The van der Waals surface area contributed by atoms with Crippen LogP contribution in [-0.2, 0) is 21.2 Å². The summed E-state index contributed by atoms with van der Waals surface area (Å²) in [7, 11) is -3.66. The molecule has 1 heterocycles. The number of hydrogen-bond acceptors (Lipinski definition) is 3. The number of amides is 1. The van der Waals surface area contributed by atoms with E-state index < -0.39 is 21.5 Å². The number of hydrogen-bond donors (Lipinski definition) is 1. The summed E-state index contributed by atoms with van der Waals surface area (Å²) < 4.78 is 26.5. The highest BCUT2D eigenvalue weighted by atomic mass is 35.5. The summed E-state index contributed by atoms with van der Waals surface area (Å²) in [5.41, 5.74) is 1.14. The summed E-state index contributed by atoms with van der Waals surface area (Å²) in [4.78, 5) is 12.0. The predicted octanol–water partition coefficient (Wildman–Crippen LogP) is 3.27. The maximum Gasteiger partial charge on any atom is 0.235 e. The molecule has 0 bridgehead atoms. The quantitative estimate of drug-likeness (QED) is 0.629. The molecule has 0 fully saturated rings. The SMILES string of the molecule is O=C(CS(=O)(=O)c1ccc(Cl)cc1)NCCCn1ccc2ccccc21. The molecule has 0 saturated carbocycles. The van der Waals surface area contributed by atoms with E-state index >= 15 is 0 Å². The zero-order chi connectivity index (χ0) is 18.6. The van der Waals surface area contributed by atoms with Gasteiger partial charge in [0.25, 0.3) is 0 Å². The van der Waals surface area contributed by atoms with Crippen molar-refractivity contribution in [3.63, 3.8) is 0 Å². The first-order chi connectivity index (χ1) is 12.5. The first kappa shape index (κ1) is 18.5. The zero-order valence-electron chi connectivity index (χ0n) is 14.1. The number of benzene rings is 2. The molecule has 5 nitrogen and oxygen atoms in total. The molecule has 3 rings (SSSR count). The maximum atomic E-state index is 12.2. The molecule has 0 spiro atoms. The summed E-state index contributed by atoms with van der Waals surface area (Å²) in [6, 6.07) is 15.9. The van der Waals surface area contributed by atoms with Gasteiger partial charge in [-0.25, -0.2) is 8.42 Å². The van der Waals surface area contributed by atoms with Crippen LogP contribution in [0.25, 0.3) is 10.9 Å². The van der Waals surface area contributed by atoms with E-state index in [1.165, 1.54) is 29.7 Å². The molecule has 1 amide bonds. The van der Waals surface area contributed by atoms with E-state index in [0.717, 1.165) is 12.1 Å². The highest BCUT2D eigenvalue weighted by Gasteiger charge is 2.18. The fraction of sp³-hybridized carbons (Fsp3) is 0.211. The second-order valence-electron chi connectivity index (χ2n) is 5.98. The van der Waals surface area contributed by atoms with E-state index in [0.29, 0.717) is 18.0 Å². The molecule has 0 radical (unpaired) electrons. The van der Waals surface area contributed by atoms with Crippen LogP contribution in [0.4, 0.5) is 0 Å². The molecule has 26 heavy (non-hydrogen) atoms. The summed E-state index contributed by atoms with van der Waals surface area (Å²) >= 11 is 5.75. The highest BCUT2D eigenvalue weighted by molar-refractivity contribution is 7.92. The van der Waals surface area contributed by atoms with Gasteiger partial charge in [0.2, 0.25) is 5.91 Å². The van der Waals surface area contributed by atoms with Crippen molar-refractivity contribution in [3.8, 4) is 0 Å². The van der Waals surface area contributed by atoms with Gasteiger partial charge in [-0.3, -0.25) is 4.79 Å². The van der Waals surface area contributed by atoms with Crippen molar-refractivity contribution in [1.29, 1.82) is 0 Å².